The predicted octanol–water partition coefficient (Wildman–Crippen LogP) is 4.14. The highest BCUT2D eigenvalue weighted by molar-refractivity contribution is 5.67. The molecule has 0 aliphatic rings. The van der Waals surface area contributed by atoms with Gasteiger partial charge in [0.25, 0.3) is 0 Å². The third kappa shape index (κ3) is 2.80. The number of nitrogens with zero attached hydrogens (tertiary/aromatic N) is 1. The highest BCUT2D eigenvalue weighted by Crippen LogP contribution is 2.33. The lowest BCUT2D eigenvalue weighted by molar-refractivity contribution is 0.619. The Morgan fingerprint density at radius 3 is 2.30 bits per heavy atom. The second-order valence-corrected chi connectivity index (χ2v) is 4.69. The summed E-state index contributed by atoms with van der Waals surface area (Å²) in [6, 6.07) is 10.6. The van der Waals surface area contributed by atoms with Gasteiger partial charge in [0.2, 0.25) is 0 Å². The SMILES string of the molecule is CCN(c1ccc(F)cc1)c1c(F)cccc1C(C)N. The summed E-state index contributed by atoms with van der Waals surface area (Å²) in [5, 5.41) is 0. The van der Waals surface area contributed by atoms with Crippen molar-refractivity contribution in [2.45, 2.75) is 19.9 Å². The maximum absolute atomic E-state index is 14.2. The Labute approximate surface area is 117 Å². The van der Waals surface area contributed by atoms with Gasteiger partial charge < -0.3 is 10.6 Å². The Kier molecular flexibility index (Phi) is 4.35. The van der Waals surface area contributed by atoms with Gasteiger partial charge in [0, 0.05) is 18.3 Å². The second-order valence-electron chi connectivity index (χ2n) is 4.69. The minimum absolute atomic E-state index is 0.282. The number of rotatable bonds is 4. The average molecular weight is 276 g/mol. The van der Waals surface area contributed by atoms with E-state index >= 15 is 0 Å². The van der Waals surface area contributed by atoms with E-state index < -0.39 is 0 Å². The molecule has 2 aromatic rings. The molecule has 106 valence electrons. The molecule has 0 saturated heterocycles. The molecular formula is C16H18F2N2. The molecule has 2 rings (SSSR count). The minimum atomic E-state index is -0.328. The fraction of sp³-hybridized carbons (Fsp3) is 0.250. The van der Waals surface area contributed by atoms with Crippen LogP contribution >= 0.6 is 0 Å². The van der Waals surface area contributed by atoms with Crippen LogP contribution in [0.2, 0.25) is 0 Å². The molecule has 0 aromatic heterocycles. The maximum atomic E-state index is 14.2. The zero-order valence-electron chi connectivity index (χ0n) is 11.6. The van der Waals surface area contributed by atoms with E-state index in [4.69, 9.17) is 5.73 Å². The van der Waals surface area contributed by atoms with Crippen LogP contribution in [0.25, 0.3) is 0 Å². The van der Waals surface area contributed by atoms with Crippen molar-refractivity contribution in [2.75, 3.05) is 11.4 Å². The van der Waals surface area contributed by atoms with Crippen LogP contribution in [0.4, 0.5) is 20.2 Å². The quantitative estimate of drug-likeness (QED) is 0.909. The average Bonchev–Trinajstić information content (AvgIpc) is 2.43. The van der Waals surface area contributed by atoms with Crippen molar-refractivity contribution in [3.63, 3.8) is 0 Å². The summed E-state index contributed by atoms with van der Waals surface area (Å²) in [5.41, 5.74) is 7.85. The van der Waals surface area contributed by atoms with Crippen LogP contribution in [-0.4, -0.2) is 6.54 Å². The topological polar surface area (TPSA) is 29.3 Å². The number of nitrogens with two attached hydrogens (primary N) is 1. The second kappa shape index (κ2) is 6.01. The largest absolute Gasteiger partial charge is 0.339 e. The van der Waals surface area contributed by atoms with Gasteiger partial charge in [-0.15, -0.1) is 0 Å². The van der Waals surface area contributed by atoms with Gasteiger partial charge in [-0.3, -0.25) is 0 Å². The van der Waals surface area contributed by atoms with Crippen molar-refractivity contribution in [3.05, 3.63) is 59.7 Å². The van der Waals surface area contributed by atoms with Crippen molar-refractivity contribution in [1.29, 1.82) is 0 Å². The standard InChI is InChI=1S/C16H18F2N2/c1-3-20(13-9-7-12(17)8-10-13)16-14(11(2)19)5-4-6-15(16)18/h4-11H,3,19H2,1-2H3. The van der Waals surface area contributed by atoms with Gasteiger partial charge in [0.1, 0.15) is 11.6 Å². The summed E-state index contributed by atoms with van der Waals surface area (Å²) in [5.74, 6) is -0.642. The fourth-order valence-electron chi connectivity index (χ4n) is 2.28. The maximum Gasteiger partial charge on any atom is 0.147 e. The lowest BCUT2D eigenvalue weighted by atomic mass is 10.0. The zero-order chi connectivity index (χ0) is 14.7. The van der Waals surface area contributed by atoms with Crippen molar-refractivity contribution < 1.29 is 8.78 Å². The van der Waals surface area contributed by atoms with Crippen molar-refractivity contribution >= 4 is 11.4 Å². The first-order valence-corrected chi connectivity index (χ1v) is 6.61. The van der Waals surface area contributed by atoms with E-state index in [9.17, 15) is 8.78 Å². The third-order valence-electron chi connectivity index (χ3n) is 3.23. The number of benzene rings is 2. The first-order chi connectivity index (χ1) is 9.54. The van der Waals surface area contributed by atoms with Gasteiger partial charge in [0.05, 0.1) is 5.69 Å². The van der Waals surface area contributed by atoms with E-state index in [1.54, 1.807) is 23.1 Å². The van der Waals surface area contributed by atoms with Crippen LogP contribution in [0.1, 0.15) is 25.5 Å². The van der Waals surface area contributed by atoms with E-state index in [0.717, 1.165) is 11.3 Å². The molecule has 0 amide bonds. The lowest BCUT2D eigenvalue weighted by Gasteiger charge is -2.27. The molecule has 1 unspecified atom stereocenters. The number of hydrogen-bond acceptors (Lipinski definition) is 2. The van der Waals surface area contributed by atoms with Gasteiger partial charge in [-0.05, 0) is 49.7 Å². The van der Waals surface area contributed by atoms with Crippen molar-refractivity contribution in [3.8, 4) is 0 Å². The number of anilines is 2. The molecule has 4 heteroatoms. The summed E-state index contributed by atoms with van der Waals surface area (Å²) < 4.78 is 27.3. The van der Waals surface area contributed by atoms with Crippen LogP contribution < -0.4 is 10.6 Å². The lowest BCUT2D eigenvalue weighted by Crippen LogP contribution is -2.21. The molecule has 0 radical (unpaired) electrons. The van der Waals surface area contributed by atoms with Gasteiger partial charge in [-0.1, -0.05) is 12.1 Å². The summed E-state index contributed by atoms with van der Waals surface area (Å²) in [4.78, 5) is 1.80. The molecule has 0 fully saturated rings. The Morgan fingerprint density at radius 2 is 1.75 bits per heavy atom. The van der Waals surface area contributed by atoms with Crippen LogP contribution in [0, 0.1) is 11.6 Å². The van der Waals surface area contributed by atoms with Crippen LogP contribution in [0.3, 0.4) is 0 Å². The molecule has 0 bridgehead atoms. The molecule has 0 saturated carbocycles. The van der Waals surface area contributed by atoms with Crippen molar-refractivity contribution in [1.82, 2.24) is 0 Å². The van der Waals surface area contributed by atoms with Gasteiger partial charge in [0.15, 0.2) is 0 Å². The molecule has 0 aliphatic heterocycles. The summed E-state index contributed by atoms with van der Waals surface area (Å²) in [6.45, 7) is 4.30. The Bertz CT molecular complexity index is 580. The molecule has 0 aliphatic carbocycles. The number of para-hydroxylation sites is 1. The van der Waals surface area contributed by atoms with E-state index in [0.29, 0.717) is 12.2 Å². The monoisotopic (exact) mass is 276 g/mol. The first kappa shape index (κ1) is 14.5. The van der Waals surface area contributed by atoms with E-state index in [1.165, 1.54) is 18.2 Å². The zero-order valence-corrected chi connectivity index (χ0v) is 11.6. The smallest absolute Gasteiger partial charge is 0.147 e. The first-order valence-electron chi connectivity index (χ1n) is 6.61. The summed E-state index contributed by atoms with van der Waals surface area (Å²) in [7, 11) is 0. The molecule has 0 heterocycles. The molecule has 2 aromatic carbocycles. The molecule has 2 nitrogen and oxygen atoms in total. The van der Waals surface area contributed by atoms with Crippen molar-refractivity contribution in [2.24, 2.45) is 5.73 Å². The normalized spacial score (nSPS) is 12.2. The highest BCUT2D eigenvalue weighted by Gasteiger charge is 2.18. The van der Waals surface area contributed by atoms with E-state index in [2.05, 4.69) is 0 Å². The molecule has 1 atom stereocenters. The molecular weight excluding hydrogens is 258 g/mol. The fourth-order valence-corrected chi connectivity index (χ4v) is 2.28. The van der Waals surface area contributed by atoms with Gasteiger partial charge >= 0.3 is 0 Å². The summed E-state index contributed by atoms with van der Waals surface area (Å²) in [6.07, 6.45) is 0. The third-order valence-corrected chi connectivity index (χ3v) is 3.23. The Morgan fingerprint density at radius 1 is 1.10 bits per heavy atom. The Balaban J connectivity index is 2.54. The van der Waals surface area contributed by atoms with E-state index in [1.807, 2.05) is 19.9 Å². The van der Waals surface area contributed by atoms with Crippen LogP contribution in [-0.2, 0) is 0 Å². The van der Waals surface area contributed by atoms with E-state index in [-0.39, 0.29) is 17.7 Å². The molecule has 2 N–H and O–H groups in total. The number of halogens is 2. The molecule has 0 spiro atoms. The highest BCUT2D eigenvalue weighted by atomic mass is 19.1. The number of hydrogen-bond donors (Lipinski definition) is 1. The predicted molar refractivity (Wildman–Crippen MR) is 78.1 cm³/mol. The van der Waals surface area contributed by atoms with Gasteiger partial charge in [-0.25, -0.2) is 8.78 Å². The Hall–Kier alpha value is -1.94. The van der Waals surface area contributed by atoms with Crippen LogP contribution in [0.5, 0.6) is 0 Å². The van der Waals surface area contributed by atoms with Gasteiger partial charge in [-0.2, -0.15) is 0 Å². The minimum Gasteiger partial charge on any atom is -0.339 e. The molecule has 20 heavy (non-hydrogen) atoms. The van der Waals surface area contributed by atoms with Crippen LogP contribution in [0.15, 0.2) is 42.5 Å². The summed E-state index contributed by atoms with van der Waals surface area (Å²) >= 11 is 0.